The Morgan fingerprint density at radius 3 is 2.89 bits per heavy atom. The highest BCUT2D eigenvalue weighted by Gasteiger charge is 2.18. The van der Waals surface area contributed by atoms with Crippen LogP contribution in [0.1, 0.15) is 24.0 Å². The number of nitrogens with one attached hydrogen (secondary N) is 2. The molecule has 6 heteroatoms. The molecule has 0 bridgehead atoms. The summed E-state index contributed by atoms with van der Waals surface area (Å²) in [6.45, 7) is 1.36. The molecule has 5 nitrogen and oxygen atoms in total. The number of hydrogen-bond donors (Lipinski definition) is 2. The van der Waals surface area contributed by atoms with Gasteiger partial charge in [-0.05, 0) is 31.0 Å². The van der Waals surface area contributed by atoms with E-state index in [1.165, 1.54) is 0 Å². The number of nitrogens with zero attached hydrogens (tertiary/aromatic N) is 1. The predicted molar refractivity (Wildman–Crippen MR) is 72.8 cm³/mol. The Bertz CT molecular complexity index is 572. The van der Waals surface area contributed by atoms with Gasteiger partial charge in [-0.3, -0.25) is 0 Å². The summed E-state index contributed by atoms with van der Waals surface area (Å²) in [5.41, 5.74) is 0.948. The third-order valence-corrected chi connectivity index (χ3v) is 4.49. The second kappa shape index (κ2) is 6.15. The lowest BCUT2D eigenvalue weighted by molar-refractivity contribution is 0.551. The zero-order valence-corrected chi connectivity index (χ0v) is 11.4. The summed E-state index contributed by atoms with van der Waals surface area (Å²) in [6.07, 6.45) is 2.08. The van der Waals surface area contributed by atoms with Gasteiger partial charge in [0.2, 0.25) is 10.0 Å². The van der Waals surface area contributed by atoms with Gasteiger partial charge < -0.3 is 5.32 Å². The second-order valence-electron chi connectivity index (χ2n) is 4.67. The highest BCUT2D eigenvalue weighted by molar-refractivity contribution is 7.88. The zero-order valence-electron chi connectivity index (χ0n) is 10.6. The lowest BCUT2D eigenvalue weighted by Crippen LogP contribution is -2.37. The summed E-state index contributed by atoms with van der Waals surface area (Å²) in [5, 5.41) is 12.2. The highest BCUT2D eigenvalue weighted by atomic mass is 32.2. The summed E-state index contributed by atoms with van der Waals surface area (Å²) < 4.78 is 26.6. The Hall–Kier alpha value is -1.42. The molecule has 1 aromatic carbocycles. The number of nitriles is 1. The van der Waals surface area contributed by atoms with Crippen LogP contribution in [-0.2, 0) is 15.8 Å². The normalized spacial score (nSPS) is 19.2. The molecule has 1 aromatic rings. The first-order valence-corrected chi connectivity index (χ1v) is 7.95. The summed E-state index contributed by atoms with van der Waals surface area (Å²) in [5.74, 6) is -0.149. The van der Waals surface area contributed by atoms with Gasteiger partial charge in [0.05, 0.1) is 17.4 Å². The molecular weight excluding hydrogens is 262 g/mol. The van der Waals surface area contributed by atoms with Gasteiger partial charge in [-0.1, -0.05) is 18.2 Å². The Morgan fingerprint density at radius 2 is 2.21 bits per heavy atom. The van der Waals surface area contributed by atoms with Gasteiger partial charge in [0, 0.05) is 12.6 Å². The molecule has 1 aliphatic heterocycles. The van der Waals surface area contributed by atoms with Crippen LogP contribution in [0.25, 0.3) is 0 Å². The van der Waals surface area contributed by atoms with Gasteiger partial charge in [-0.15, -0.1) is 0 Å². The van der Waals surface area contributed by atoms with Gasteiger partial charge in [0.15, 0.2) is 0 Å². The largest absolute Gasteiger partial charge is 0.313 e. The number of benzene rings is 1. The SMILES string of the molecule is N#Cc1ccccc1CS(=O)(=O)NCC1CCCN1. The predicted octanol–water partition coefficient (Wildman–Crippen LogP) is 0.730. The third kappa shape index (κ3) is 4.03. The summed E-state index contributed by atoms with van der Waals surface area (Å²) in [7, 11) is -3.40. The van der Waals surface area contributed by atoms with E-state index in [0.717, 1.165) is 19.4 Å². The Labute approximate surface area is 113 Å². The van der Waals surface area contributed by atoms with Crippen molar-refractivity contribution in [1.82, 2.24) is 10.0 Å². The van der Waals surface area contributed by atoms with Crippen LogP contribution in [0, 0.1) is 11.3 Å². The van der Waals surface area contributed by atoms with Crippen molar-refractivity contribution in [3.05, 3.63) is 35.4 Å². The molecule has 1 atom stereocenters. The van der Waals surface area contributed by atoms with Crippen molar-refractivity contribution in [2.75, 3.05) is 13.1 Å². The standard InChI is InChI=1S/C13H17N3O2S/c14-8-11-4-1-2-5-12(11)10-19(17,18)16-9-13-6-3-7-15-13/h1-2,4-5,13,15-16H,3,6-7,9-10H2. The fourth-order valence-electron chi connectivity index (χ4n) is 2.17. The van der Waals surface area contributed by atoms with E-state index in [1.807, 2.05) is 6.07 Å². The van der Waals surface area contributed by atoms with Crippen LogP contribution < -0.4 is 10.0 Å². The molecule has 1 saturated heterocycles. The quantitative estimate of drug-likeness (QED) is 0.832. The maximum atomic E-state index is 12.0. The number of sulfonamides is 1. The summed E-state index contributed by atoms with van der Waals surface area (Å²) in [6, 6.07) is 9.00. The lowest BCUT2D eigenvalue weighted by Gasteiger charge is -2.12. The molecule has 1 aliphatic rings. The van der Waals surface area contributed by atoms with E-state index < -0.39 is 10.0 Å². The van der Waals surface area contributed by atoms with Crippen LogP contribution in [-0.4, -0.2) is 27.5 Å². The van der Waals surface area contributed by atoms with Crippen LogP contribution in [0.3, 0.4) is 0 Å². The summed E-state index contributed by atoms with van der Waals surface area (Å²) in [4.78, 5) is 0. The number of hydrogen-bond acceptors (Lipinski definition) is 4. The summed E-state index contributed by atoms with van der Waals surface area (Å²) >= 11 is 0. The molecular formula is C13H17N3O2S. The first-order chi connectivity index (χ1) is 9.11. The molecule has 1 unspecified atom stereocenters. The Kier molecular flexibility index (Phi) is 4.53. The van der Waals surface area contributed by atoms with E-state index in [9.17, 15) is 8.42 Å². The minimum atomic E-state index is -3.40. The molecule has 2 rings (SSSR count). The molecule has 19 heavy (non-hydrogen) atoms. The topological polar surface area (TPSA) is 82.0 Å². The smallest absolute Gasteiger partial charge is 0.215 e. The van der Waals surface area contributed by atoms with Crippen molar-refractivity contribution >= 4 is 10.0 Å². The van der Waals surface area contributed by atoms with Gasteiger partial charge >= 0.3 is 0 Å². The van der Waals surface area contributed by atoms with E-state index in [-0.39, 0.29) is 11.8 Å². The van der Waals surface area contributed by atoms with Crippen molar-refractivity contribution in [2.24, 2.45) is 0 Å². The van der Waals surface area contributed by atoms with Gasteiger partial charge in [0.1, 0.15) is 0 Å². The average molecular weight is 279 g/mol. The molecule has 0 spiro atoms. The molecule has 2 N–H and O–H groups in total. The third-order valence-electron chi connectivity index (χ3n) is 3.20. The van der Waals surface area contributed by atoms with Crippen LogP contribution in [0.2, 0.25) is 0 Å². The van der Waals surface area contributed by atoms with Crippen LogP contribution in [0.5, 0.6) is 0 Å². The fraction of sp³-hybridized carbons (Fsp3) is 0.462. The van der Waals surface area contributed by atoms with Gasteiger partial charge in [-0.2, -0.15) is 5.26 Å². The highest BCUT2D eigenvalue weighted by Crippen LogP contribution is 2.11. The monoisotopic (exact) mass is 279 g/mol. The van der Waals surface area contributed by atoms with Gasteiger partial charge in [0.25, 0.3) is 0 Å². The molecule has 0 aliphatic carbocycles. The zero-order chi connectivity index (χ0) is 13.7. The van der Waals surface area contributed by atoms with Crippen molar-refractivity contribution in [2.45, 2.75) is 24.6 Å². The average Bonchev–Trinajstić information content (AvgIpc) is 2.90. The van der Waals surface area contributed by atoms with Crippen LogP contribution in [0.15, 0.2) is 24.3 Å². The lowest BCUT2D eigenvalue weighted by atomic mass is 10.1. The molecule has 0 aromatic heterocycles. The minimum absolute atomic E-state index is 0.149. The van der Waals surface area contributed by atoms with Crippen molar-refractivity contribution in [3.8, 4) is 6.07 Å². The molecule has 0 saturated carbocycles. The maximum Gasteiger partial charge on any atom is 0.215 e. The van der Waals surface area contributed by atoms with Crippen molar-refractivity contribution < 1.29 is 8.42 Å². The molecule has 0 radical (unpaired) electrons. The second-order valence-corrected chi connectivity index (χ2v) is 6.48. The number of rotatable bonds is 5. The molecule has 1 fully saturated rings. The Balaban J connectivity index is 1.98. The minimum Gasteiger partial charge on any atom is -0.313 e. The van der Waals surface area contributed by atoms with E-state index in [0.29, 0.717) is 17.7 Å². The fourth-order valence-corrected chi connectivity index (χ4v) is 3.39. The molecule has 1 heterocycles. The molecule has 0 amide bonds. The van der Waals surface area contributed by atoms with E-state index in [2.05, 4.69) is 10.0 Å². The van der Waals surface area contributed by atoms with Crippen LogP contribution in [0.4, 0.5) is 0 Å². The maximum absolute atomic E-state index is 12.0. The van der Waals surface area contributed by atoms with Crippen LogP contribution >= 0.6 is 0 Å². The van der Waals surface area contributed by atoms with E-state index in [4.69, 9.17) is 5.26 Å². The van der Waals surface area contributed by atoms with Crippen molar-refractivity contribution in [3.63, 3.8) is 0 Å². The first-order valence-electron chi connectivity index (χ1n) is 6.29. The molecule has 102 valence electrons. The van der Waals surface area contributed by atoms with Crippen molar-refractivity contribution in [1.29, 1.82) is 5.26 Å². The van der Waals surface area contributed by atoms with E-state index >= 15 is 0 Å². The van der Waals surface area contributed by atoms with E-state index in [1.54, 1.807) is 24.3 Å². The van der Waals surface area contributed by atoms with Gasteiger partial charge in [-0.25, -0.2) is 13.1 Å². The first kappa shape index (κ1) is 14.0. The Morgan fingerprint density at radius 1 is 1.42 bits per heavy atom.